The number of benzene rings is 1. The van der Waals surface area contributed by atoms with Crippen molar-refractivity contribution >= 4 is 23.2 Å². The van der Waals surface area contributed by atoms with Crippen molar-refractivity contribution in [1.82, 2.24) is 0 Å². The van der Waals surface area contributed by atoms with Crippen LogP contribution in [0.3, 0.4) is 0 Å². The normalized spacial score (nSPS) is 16.5. The number of nitriles is 1. The van der Waals surface area contributed by atoms with E-state index in [-0.39, 0.29) is 5.91 Å². The molecule has 0 spiro atoms. The molecule has 3 N–H and O–H groups in total. The second kappa shape index (κ2) is 4.97. The Morgan fingerprint density at radius 3 is 2.72 bits per heavy atom. The van der Waals surface area contributed by atoms with Crippen molar-refractivity contribution in [2.75, 3.05) is 11.9 Å². The van der Waals surface area contributed by atoms with Crippen molar-refractivity contribution in [3.8, 4) is 6.07 Å². The van der Waals surface area contributed by atoms with E-state index in [1.165, 1.54) is 0 Å². The first-order valence-corrected chi connectivity index (χ1v) is 6.20. The fourth-order valence-corrected chi connectivity index (χ4v) is 2.30. The number of nitrogens with one attached hydrogen (secondary N) is 1. The van der Waals surface area contributed by atoms with E-state index in [9.17, 15) is 4.79 Å². The van der Waals surface area contributed by atoms with Gasteiger partial charge in [-0.05, 0) is 31.0 Å². The Morgan fingerprint density at radius 1 is 1.56 bits per heavy atom. The summed E-state index contributed by atoms with van der Waals surface area (Å²) in [5, 5.41) is 11.9. The van der Waals surface area contributed by atoms with Crippen LogP contribution in [-0.4, -0.2) is 12.5 Å². The zero-order valence-electron chi connectivity index (χ0n) is 9.87. The van der Waals surface area contributed by atoms with Crippen LogP contribution in [0.5, 0.6) is 0 Å². The number of carbonyl (C=O) groups excluding carboxylic acids is 1. The monoisotopic (exact) mass is 263 g/mol. The van der Waals surface area contributed by atoms with Gasteiger partial charge in [0.05, 0.1) is 16.0 Å². The number of halogens is 1. The Bertz CT molecular complexity index is 512. The van der Waals surface area contributed by atoms with Crippen LogP contribution in [-0.2, 0) is 4.79 Å². The summed E-state index contributed by atoms with van der Waals surface area (Å²) in [7, 11) is 0. The lowest BCUT2D eigenvalue weighted by atomic mass is 9.68. The predicted octanol–water partition coefficient (Wildman–Crippen LogP) is 2.28. The van der Waals surface area contributed by atoms with Gasteiger partial charge in [-0.1, -0.05) is 18.0 Å². The summed E-state index contributed by atoms with van der Waals surface area (Å²) in [4.78, 5) is 12.1. The first-order valence-electron chi connectivity index (χ1n) is 5.82. The van der Waals surface area contributed by atoms with E-state index in [0.717, 1.165) is 19.3 Å². The lowest BCUT2D eigenvalue weighted by Gasteiger charge is -2.39. The van der Waals surface area contributed by atoms with Gasteiger partial charge < -0.3 is 11.1 Å². The number of nitrogens with zero attached hydrogens (tertiary/aromatic N) is 1. The molecular formula is C13H14ClN3O. The van der Waals surface area contributed by atoms with Gasteiger partial charge in [0.2, 0.25) is 5.91 Å². The minimum absolute atomic E-state index is 0.0583. The molecule has 5 heteroatoms. The highest BCUT2D eigenvalue weighted by Gasteiger charge is 2.42. The molecule has 1 aromatic rings. The number of hydrogen-bond acceptors (Lipinski definition) is 3. The van der Waals surface area contributed by atoms with Crippen LogP contribution < -0.4 is 11.1 Å². The SMILES string of the molecule is N#Cc1ccc(NC(=O)C2(CN)CCC2)cc1Cl. The van der Waals surface area contributed by atoms with Gasteiger partial charge in [-0.15, -0.1) is 0 Å². The van der Waals surface area contributed by atoms with Gasteiger partial charge >= 0.3 is 0 Å². The smallest absolute Gasteiger partial charge is 0.231 e. The van der Waals surface area contributed by atoms with Crippen molar-refractivity contribution in [3.63, 3.8) is 0 Å². The highest BCUT2D eigenvalue weighted by molar-refractivity contribution is 6.32. The fraction of sp³-hybridized carbons (Fsp3) is 0.385. The Labute approximate surface area is 111 Å². The van der Waals surface area contributed by atoms with E-state index in [1.807, 2.05) is 6.07 Å². The molecule has 4 nitrogen and oxygen atoms in total. The number of hydrogen-bond donors (Lipinski definition) is 2. The van der Waals surface area contributed by atoms with E-state index in [2.05, 4.69) is 5.32 Å². The molecule has 0 aliphatic heterocycles. The Morgan fingerprint density at radius 2 is 2.28 bits per heavy atom. The number of rotatable bonds is 3. The predicted molar refractivity (Wildman–Crippen MR) is 70.1 cm³/mol. The standard InChI is InChI=1S/C13H14ClN3O/c14-11-6-10(3-2-9(11)7-15)17-12(18)13(8-16)4-1-5-13/h2-3,6H,1,4-5,8,16H2,(H,17,18). The van der Waals surface area contributed by atoms with Crippen LogP contribution in [0.4, 0.5) is 5.69 Å². The zero-order valence-corrected chi connectivity index (χ0v) is 10.6. The summed E-state index contributed by atoms with van der Waals surface area (Å²) in [6.07, 6.45) is 2.71. The van der Waals surface area contributed by atoms with E-state index in [4.69, 9.17) is 22.6 Å². The van der Waals surface area contributed by atoms with Crippen molar-refractivity contribution in [2.45, 2.75) is 19.3 Å². The molecule has 1 fully saturated rings. The molecule has 1 aliphatic carbocycles. The lowest BCUT2D eigenvalue weighted by Crippen LogP contribution is -2.47. The summed E-state index contributed by atoms with van der Waals surface area (Å²) < 4.78 is 0. The molecule has 94 valence electrons. The van der Waals surface area contributed by atoms with Gasteiger partial charge in [0.15, 0.2) is 0 Å². The first-order chi connectivity index (χ1) is 8.61. The molecule has 0 bridgehead atoms. The number of amides is 1. The molecule has 2 rings (SSSR count). The second-order valence-electron chi connectivity index (χ2n) is 4.60. The van der Waals surface area contributed by atoms with Gasteiger partial charge in [-0.2, -0.15) is 5.26 Å². The third-order valence-corrected chi connectivity index (χ3v) is 3.84. The van der Waals surface area contributed by atoms with Gasteiger partial charge in [0, 0.05) is 12.2 Å². The van der Waals surface area contributed by atoms with E-state index < -0.39 is 5.41 Å². The van der Waals surface area contributed by atoms with E-state index in [1.54, 1.807) is 18.2 Å². The van der Waals surface area contributed by atoms with E-state index >= 15 is 0 Å². The first kappa shape index (κ1) is 12.9. The Hall–Kier alpha value is -1.57. The van der Waals surface area contributed by atoms with Crippen LogP contribution in [0.2, 0.25) is 5.02 Å². The highest BCUT2D eigenvalue weighted by Crippen LogP contribution is 2.40. The minimum atomic E-state index is -0.416. The van der Waals surface area contributed by atoms with Gasteiger partial charge in [-0.3, -0.25) is 4.79 Å². The number of nitrogens with two attached hydrogens (primary N) is 1. The zero-order chi connectivity index (χ0) is 13.2. The quantitative estimate of drug-likeness (QED) is 0.878. The van der Waals surface area contributed by atoms with Gasteiger partial charge in [-0.25, -0.2) is 0 Å². The number of anilines is 1. The summed E-state index contributed by atoms with van der Waals surface area (Å²) in [6, 6.07) is 6.82. The summed E-state index contributed by atoms with van der Waals surface area (Å²) in [5.41, 5.74) is 6.25. The third-order valence-electron chi connectivity index (χ3n) is 3.53. The van der Waals surface area contributed by atoms with Crippen molar-refractivity contribution in [2.24, 2.45) is 11.1 Å². The second-order valence-corrected chi connectivity index (χ2v) is 5.01. The highest BCUT2D eigenvalue weighted by atomic mass is 35.5. The molecule has 0 atom stereocenters. The molecule has 18 heavy (non-hydrogen) atoms. The average Bonchev–Trinajstić information content (AvgIpc) is 2.28. The van der Waals surface area contributed by atoms with Crippen LogP contribution in [0, 0.1) is 16.7 Å². The molecule has 0 aromatic heterocycles. The molecular weight excluding hydrogens is 250 g/mol. The Balaban J connectivity index is 2.13. The van der Waals surface area contributed by atoms with Crippen LogP contribution in [0.1, 0.15) is 24.8 Å². The van der Waals surface area contributed by atoms with Gasteiger partial charge in [0.1, 0.15) is 6.07 Å². The van der Waals surface area contributed by atoms with Crippen molar-refractivity contribution < 1.29 is 4.79 Å². The molecule has 1 saturated carbocycles. The minimum Gasteiger partial charge on any atom is -0.329 e. The maximum atomic E-state index is 12.1. The molecule has 0 unspecified atom stereocenters. The molecule has 1 aromatic carbocycles. The maximum Gasteiger partial charge on any atom is 0.231 e. The molecule has 0 saturated heterocycles. The summed E-state index contributed by atoms with van der Waals surface area (Å²) in [5.74, 6) is -0.0583. The maximum absolute atomic E-state index is 12.1. The number of carbonyl (C=O) groups is 1. The molecule has 1 amide bonds. The van der Waals surface area contributed by atoms with E-state index in [0.29, 0.717) is 22.8 Å². The molecule has 0 radical (unpaired) electrons. The van der Waals surface area contributed by atoms with Crippen molar-refractivity contribution in [1.29, 1.82) is 5.26 Å². The average molecular weight is 264 g/mol. The van der Waals surface area contributed by atoms with Crippen molar-refractivity contribution in [3.05, 3.63) is 28.8 Å². The third kappa shape index (κ3) is 2.20. The van der Waals surface area contributed by atoms with Crippen LogP contribution in [0.15, 0.2) is 18.2 Å². The topological polar surface area (TPSA) is 78.9 Å². The summed E-state index contributed by atoms with van der Waals surface area (Å²) in [6.45, 7) is 0.364. The Kier molecular flexibility index (Phi) is 3.55. The molecule has 0 heterocycles. The van der Waals surface area contributed by atoms with Crippen LogP contribution in [0.25, 0.3) is 0 Å². The largest absolute Gasteiger partial charge is 0.329 e. The van der Waals surface area contributed by atoms with Crippen LogP contribution >= 0.6 is 11.6 Å². The fourth-order valence-electron chi connectivity index (χ4n) is 2.07. The van der Waals surface area contributed by atoms with Gasteiger partial charge in [0.25, 0.3) is 0 Å². The summed E-state index contributed by atoms with van der Waals surface area (Å²) >= 11 is 5.91. The molecule has 1 aliphatic rings. The lowest BCUT2D eigenvalue weighted by molar-refractivity contribution is -0.129.